The van der Waals surface area contributed by atoms with E-state index in [0.717, 1.165) is 61.1 Å². The molecule has 204 valence electrons. The molecule has 0 radical (unpaired) electrons. The minimum absolute atomic E-state index is 0.0147. The summed E-state index contributed by atoms with van der Waals surface area (Å²) in [5.41, 5.74) is 1.87. The summed E-state index contributed by atoms with van der Waals surface area (Å²) in [5, 5.41) is 15.0. The van der Waals surface area contributed by atoms with Crippen molar-refractivity contribution in [2.45, 2.75) is 31.5 Å². The van der Waals surface area contributed by atoms with Gasteiger partial charge in [-0.05, 0) is 71.5 Å². The summed E-state index contributed by atoms with van der Waals surface area (Å²) >= 11 is 1.35. The molecule has 1 saturated heterocycles. The topological polar surface area (TPSA) is 74.0 Å². The van der Waals surface area contributed by atoms with Crippen LogP contribution in [0.1, 0.15) is 41.0 Å². The molecule has 0 unspecified atom stereocenters. The first-order chi connectivity index (χ1) is 18.8. The Morgan fingerprint density at radius 1 is 1.08 bits per heavy atom. The summed E-state index contributed by atoms with van der Waals surface area (Å²) in [6.07, 6.45) is 0.890. The molecule has 6 rings (SSSR count). The number of piperazine rings is 1. The normalized spacial score (nSPS) is 19.9. The summed E-state index contributed by atoms with van der Waals surface area (Å²) in [4.78, 5) is 21.6. The Hall–Kier alpha value is -3.15. The molecule has 2 fully saturated rings. The standard InChI is InChI=1S/C28H28F3N5O2S/c29-28(30,31)23-15-20(19-2-3-19)4-5-21(23)17-36-24-6-1-18(13-22(24)16-32-36)14-25-26(38)33-27(39-25)35-9-7-34(8-10-35)11-12-37/h1,4-6,13-16,19,37H,2-3,7-12,17H2. The number of thioether (sulfide) groups is 1. The third kappa shape index (κ3) is 5.61. The predicted molar refractivity (Wildman–Crippen MR) is 145 cm³/mol. The number of hydrogen-bond acceptors (Lipinski definition) is 6. The van der Waals surface area contributed by atoms with Crippen LogP contribution in [0.3, 0.4) is 0 Å². The van der Waals surface area contributed by atoms with Crippen molar-refractivity contribution in [3.8, 4) is 0 Å². The number of aliphatic hydroxyl groups excluding tert-OH is 1. The van der Waals surface area contributed by atoms with Gasteiger partial charge in [0.1, 0.15) is 0 Å². The highest BCUT2D eigenvalue weighted by molar-refractivity contribution is 8.18. The number of carbonyl (C=O) groups is 1. The number of aliphatic hydroxyl groups is 1. The number of halogens is 3. The molecule has 1 N–H and O–H groups in total. The maximum Gasteiger partial charge on any atom is 0.416 e. The lowest BCUT2D eigenvalue weighted by Crippen LogP contribution is -2.48. The fourth-order valence-corrected chi connectivity index (χ4v) is 6.10. The van der Waals surface area contributed by atoms with Gasteiger partial charge in [0, 0.05) is 38.1 Å². The summed E-state index contributed by atoms with van der Waals surface area (Å²) < 4.78 is 43.1. The molecule has 2 aliphatic heterocycles. The van der Waals surface area contributed by atoms with Gasteiger partial charge in [-0.25, -0.2) is 0 Å². The molecule has 0 spiro atoms. The summed E-state index contributed by atoms with van der Waals surface area (Å²) in [7, 11) is 0. The second-order valence-corrected chi connectivity index (χ2v) is 11.2. The second kappa shape index (κ2) is 10.4. The lowest BCUT2D eigenvalue weighted by atomic mass is 10.0. The van der Waals surface area contributed by atoms with Crippen LogP contribution in [0.5, 0.6) is 0 Å². The van der Waals surface area contributed by atoms with Crippen molar-refractivity contribution in [2.75, 3.05) is 39.3 Å². The molecule has 7 nitrogen and oxygen atoms in total. The van der Waals surface area contributed by atoms with Crippen LogP contribution in [0, 0.1) is 0 Å². The van der Waals surface area contributed by atoms with Crippen molar-refractivity contribution < 1.29 is 23.1 Å². The van der Waals surface area contributed by atoms with Crippen molar-refractivity contribution in [2.24, 2.45) is 4.99 Å². The van der Waals surface area contributed by atoms with Crippen LogP contribution >= 0.6 is 11.8 Å². The van der Waals surface area contributed by atoms with E-state index in [1.165, 1.54) is 17.8 Å². The predicted octanol–water partition coefficient (Wildman–Crippen LogP) is 4.56. The van der Waals surface area contributed by atoms with E-state index in [-0.39, 0.29) is 30.5 Å². The smallest absolute Gasteiger partial charge is 0.395 e. The van der Waals surface area contributed by atoms with E-state index in [9.17, 15) is 18.0 Å². The number of rotatable bonds is 6. The quantitative estimate of drug-likeness (QED) is 0.450. The third-order valence-corrected chi connectivity index (χ3v) is 8.48. The molecule has 11 heteroatoms. The Bertz CT molecular complexity index is 1470. The highest BCUT2D eigenvalue weighted by atomic mass is 32.2. The molecule has 1 saturated carbocycles. The fourth-order valence-electron chi connectivity index (χ4n) is 5.14. The molecule has 3 aliphatic rings. The van der Waals surface area contributed by atoms with Gasteiger partial charge in [0.25, 0.3) is 5.91 Å². The van der Waals surface area contributed by atoms with Gasteiger partial charge < -0.3 is 10.0 Å². The first-order valence-corrected chi connectivity index (χ1v) is 13.9. The zero-order chi connectivity index (χ0) is 27.1. The van der Waals surface area contributed by atoms with E-state index < -0.39 is 11.7 Å². The minimum Gasteiger partial charge on any atom is -0.395 e. The zero-order valence-electron chi connectivity index (χ0n) is 21.2. The number of aromatic nitrogens is 2. The van der Waals surface area contributed by atoms with Crippen LogP contribution in [0.4, 0.5) is 13.2 Å². The monoisotopic (exact) mass is 555 g/mol. The van der Waals surface area contributed by atoms with Crippen molar-refractivity contribution >= 4 is 39.8 Å². The summed E-state index contributed by atoms with van der Waals surface area (Å²) in [6, 6.07) is 10.2. The molecule has 3 aromatic rings. The van der Waals surface area contributed by atoms with Gasteiger partial charge in [-0.1, -0.05) is 18.2 Å². The number of alkyl halides is 3. The number of benzene rings is 2. The number of aliphatic imine (C=N–C) groups is 1. The number of fused-ring (bicyclic) bond motifs is 1. The van der Waals surface area contributed by atoms with Crippen LogP contribution in [-0.2, 0) is 17.5 Å². The number of carbonyl (C=O) groups excluding carboxylic acids is 1. The number of amides is 1. The molecule has 1 amide bonds. The van der Waals surface area contributed by atoms with Crippen molar-refractivity contribution in [3.63, 3.8) is 0 Å². The molecule has 1 aliphatic carbocycles. The van der Waals surface area contributed by atoms with Crippen LogP contribution in [0.15, 0.2) is 52.5 Å². The minimum atomic E-state index is -4.43. The maximum atomic E-state index is 13.8. The lowest BCUT2D eigenvalue weighted by molar-refractivity contribution is -0.138. The van der Waals surface area contributed by atoms with E-state index in [0.29, 0.717) is 16.6 Å². The van der Waals surface area contributed by atoms with Crippen LogP contribution in [-0.4, -0.2) is 75.1 Å². The first kappa shape index (κ1) is 26.1. The number of nitrogens with zero attached hydrogens (tertiary/aromatic N) is 5. The second-order valence-electron chi connectivity index (χ2n) is 10.2. The molecular formula is C28H28F3N5O2S. The number of β-amino-alcohol motifs (C(OH)–C–C–N with tert-alkyl or cyclic N) is 1. The number of amidine groups is 1. The van der Waals surface area contributed by atoms with Gasteiger partial charge in [0.15, 0.2) is 5.17 Å². The van der Waals surface area contributed by atoms with Crippen LogP contribution < -0.4 is 0 Å². The fraction of sp³-hybridized carbons (Fsp3) is 0.393. The zero-order valence-corrected chi connectivity index (χ0v) is 22.0. The van der Waals surface area contributed by atoms with Gasteiger partial charge in [0.05, 0.1) is 35.3 Å². The van der Waals surface area contributed by atoms with Gasteiger partial charge in [-0.3, -0.25) is 14.4 Å². The lowest BCUT2D eigenvalue weighted by Gasteiger charge is -2.34. The molecule has 2 aromatic carbocycles. The average molecular weight is 556 g/mol. The van der Waals surface area contributed by atoms with E-state index in [1.807, 2.05) is 18.2 Å². The molecule has 0 atom stereocenters. The molecule has 39 heavy (non-hydrogen) atoms. The number of hydrogen-bond donors (Lipinski definition) is 1. The van der Waals surface area contributed by atoms with E-state index in [1.54, 1.807) is 29.1 Å². The van der Waals surface area contributed by atoms with Crippen LogP contribution in [0.25, 0.3) is 17.0 Å². The summed E-state index contributed by atoms with van der Waals surface area (Å²) in [6.45, 7) is 3.90. The van der Waals surface area contributed by atoms with Gasteiger partial charge in [0.2, 0.25) is 0 Å². The highest BCUT2D eigenvalue weighted by Crippen LogP contribution is 2.43. The summed E-state index contributed by atoms with van der Waals surface area (Å²) in [5.74, 6) is -0.0374. The molecule has 0 bridgehead atoms. The Morgan fingerprint density at radius 2 is 1.87 bits per heavy atom. The highest BCUT2D eigenvalue weighted by Gasteiger charge is 2.35. The third-order valence-electron chi connectivity index (χ3n) is 7.44. The van der Waals surface area contributed by atoms with Crippen LogP contribution in [0.2, 0.25) is 0 Å². The SMILES string of the molecule is O=C1N=C(N2CCN(CCO)CC2)SC1=Cc1ccc2c(cnn2Cc2ccc(C3CC3)cc2C(F)(F)F)c1. The van der Waals surface area contributed by atoms with Crippen molar-refractivity contribution in [1.82, 2.24) is 19.6 Å². The van der Waals surface area contributed by atoms with Gasteiger partial charge in [-0.15, -0.1) is 0 Å². The Balaban J connectivity index is 1.18. The van der Waals surface area contributed by atoms with E-state index in [4.69, 9.17) is 5.11 Å². The van der Waals surface area contributed by atoms with Crippen molar-refractivity contribution in [1.29, 1.82) is 0 Å². The van der Waals surface area contributed by atoms with E-state index in [2.05, 4.69) is 19.9 Å². The Labute approximate surface area is 228 Å². The maximum absolute atomic E-state index is 13.8. The average Bonchev–Trinajstić information content (AvgIpc) is 3.60. The molecule has 1 aromatic heterocycles. The largest absolute Gasteiger partial charge is 0.416 e. The molecular weight excluding hydrogens is 527 g/mol. The van der Waals surface area contributed by atoms with Crippen molar-refractivity contribution in [3.05, 3.63) is 69.8 Å². The Morgan fingerprint density at radius 3 is 2.59 bits per heavy atom. The van der Waals surface area contributed by atoms with E-state index >= 15 is 0 Å². The Kier molecular flexibility index (Phi) is 6.98. The van der Waals surface area contributed by atoms with Gasteiger partial charge in [-0.2, -0.15) is 23.3 Å². The van der Waals surface area contributed by atoms with Gasteiger partial charge >= 0.3 is 6.18 Å². The molecule has 3 heterocycles. The first-order valence-electron chi connectivity index (χ1n) is 13.0.